The van der Waals surface area contributed by atoms with Gasteiger partial charge in [-0.15, -0.1) is 0 Å². The normalized spacial score (nSPS) is 10.3. The Morgan fingerprint density at radius 3 is 2.59 bits per heavy atom. The standard InChI is InChI=1S/C17H17BrN2O2/c1-11-8-13(6-7-15(11)18)17(22)20-10-14(21)9-12-4-2-3-5-16(12)19/h2-8H,9-10,19H2,1H3,(H,20,22). The van der Waals surface area contributed by atoms with Crippen molar-refractivity contribution in [3.05, 3.63) is 63.6 Å². The predicted molar refractivity (Wildman–Crippen MR) is 90.8 cm³/mol. The van der Waals surface area contributed by atoms with E-state index < -0.39 is 0 Å². The van der Waals surface area contributed by atoms with Gasteiger partial charge in [-0.05, 0) is 42.3 Å². The predicted octanol–water partition coefficient (Wildman–Crippen LogP) is 2.88. The average molecular weight is 361 g/mol. The lowest BCUT2D eigenvalue weighted by Crippen LogP contribution is -2.30. The summed E-state index contributed by atoms with van der Waals surface area (Å²) >= 11 is 3.39. The molecule has 0 radical (unpaired) electrons. The largest absolute Gasteiger partial charge is 0.398 e. The number of nitrogen functional groups attached to an aromatic ring is 1. The molecule has 2 aromatic carbocycles. The maximum atomic E-state index is 12.0. The van der Waals surface area contributed by atoms with Crippen LogP contribution < -0.4 is 11.1 Å². The molecule has 0 aliphatic rings. The number of carbonyl (C=O) groups is 2. The van der Waals surface area contributed by atoms with Gasteiger partial charge < -0.3 is 11.1 Å². The molecule has 22 heavy (non-hydrogen) atoms. The maximum absolute atomic E-state index is 12.0. The van der Waals surface area contributed by atoms with E-state index in [4.69, 9.17) is 5.73 Å². The smallest absolute Gasteiger partial charge is 0.251 e. The third kappa shape index (κ3) is 4.18. The monoisotopic (exact) mass is 360 g/mol. The number of Topliss-reactive ketones (excluding diaryl/α,β-unsaturated/α-hetero) is 1. The molecule has 2 aromatic rings. The number of nitrogens with two attached hydrogens (primary N) is 1. The van der Waals surface area contributed by atoms with Gasteiger partial charge in [-0.25, -0.2) is 0 Å². The minimum atomic E-state index is -0.259. The van der Waals surface area contributed by atoms with Crippen LogP contribution in [0.2, 0.25) is 0 Å². The number of nitrogens with one attached hydrogen (secondary N) is 1. The summed E-state index contributed by atoms with van der Waals surface area (Å²) in [4.78, 5) is 24.0. The molecule has 0 unspecified atom stereocenters. The summed E-state index contributed by atoms with van der Waals surface area (Å²) < 4.78 is 0.944. The number of aryl methyl sites for hydroxylation is 1. The van der Waals surface area contributed by atoms with E-state index in [1.807, 2.05) is 31.2 Å². The lowest BCUT2D eigenvalue weighted by Gasteiger charge is -2.07. The second-order valence-corrected chi connectivity index (χ2v) is 5.92. The summed E-state index contributed by atoms with van der Waals surface area (Å²) in [5.74, 6) is -0.343. The Hall–Kier alpha value is -2.14. The molecular weight excluding hydrogens is 344 g/mol. The molecule has 2 rings (SSSR count). The zero-order valence-electron chi connectivity index (χ0n) is 12.2. The Bertz CT molecular complexity index is 714. The van der Waals surface area contributed by atoms with Crippen LogP contribution in [0.4, 0.5) is 5.69 Å². The molecule has 0 bridgehead atoms. The van der Waals surface area contributed by atoms with Crippen LogP contribution in [0.15, 0.2) is 46.9 Å². The Kier molecular flexibility index (Phi) is 5.33. The van der Waals surface area contributed by atoms with Crippen LogP contribution in [0.25, 0.3) is 0 Å². The van der Waals surface area contributed by atoms with Crippen molar-refractivity contribution < 1.29 is 9.59 Å². The van der Waals surface area contributed by atoms with Gasteiger partial charge in [0.15, 0.2) is 5.78 Å². The van der Waals surface area contributed by atoms with Crippen molar-refractivity contribution in [1.82, 2.24) is 5.32 Å². The fourth-order valence-corrected chi connectivity index (χ4v) is 2.28. The molecule has 5 heteroatoms. The molecule has 4 nitrogen and oxygen atoms in total. The van der Waals surface area contributed by atoms with Crippen molar-refractivity contribution in [3.63, 3.8) is 0 Å². The Labute approximate surface area is 137 Å². The highest BCUT2D eigenvalue weighted by Gasteiger charge is 2.10. The minimum Gasteiger partial charge on any atom is -0.398 e. The molecule has 0 spiro atoms. The molecule has 0 saturated heterocycles. The van der Waals surface area contributed by atoms with Gasteiger partial charge >= 0.3 is 0 Å². The third-order valence-electron chi connectivity index (χ3n) is 3.31. The van der Waals surface area contributed by atoms with E-state index in [0.717, 1.165) is 15.6 Å². The zero-order chi connectivity index (χ0) is 16.1. The zero-order valence-corrected chi connectivity index (χ0v) is 13.8. The summed E-state index contributed by atoms with van der Waals surface area (Å²) in [7, 11) is 0. The number of rotatable bonds is 5. The average Bonchev–Trinajstić information content (AvgIpc) is 2.50. The highest BCUT2D eigenvalue weighted by atomic mass is 79.9. The van der Waals surface area contributed by atoms with Crippen LogP contribution in [0, 0.1) is 6.92 Å². The van der Waals surface area contributed by atoms with Crippen molar-refractivity contribution in [2.45, 2.75) is 13.3 Å². The van der Waals surface area contributed by atoms with Crippen molar-refractivity contribution in [2.24, 2.45) is 0 Å². The van der Waals surface area contributed by atoms with Gasteiger partial charge in [0.05, 0.1) is 6.54 Å². The van der Waals surface area contributed by atoms with E-state index in [-0.39, 0.29) is 24.7 Å². The van der Waals surface area contributed by atoms with E-state index in [1.54, 1.807) is 18.2 Å². The first-order valence-electron chi connectivity index (χ1n) is 6.87. The van der Waals surface area contributed by atoms with Crippen molar-refractivity contribution in [3.8, 4) is 0 Å². The molecule has 0 heterocycles. The first kappa shape index (κ1) is 16.2. The Morgan fingerprint density at radius 1 is 1.18 bits per heavy atom. The van der Waals surface area contributed by atoms with E-state index in [2.05, 4.69) is 21.2 Å². The third-order valence-corrected chi connectivity index (χ3v) is 4.20. The van der Waals surface area contributed by atoms with Crippen LogP contribution >= 0.6 is 15.9 Å². The van der Waals surface area contributed by atoms with Gasteiger partial charge in [-0.3, -0.25) is 9.59 Å². The second kappa shape index (κ2) is 7.22. The number of halogens is 1. The van der Waals surface area contributed by atoms with Crippen LogP contribution in [-0.2, 0) is 11.2 Å². The quantitative estimate of drug-likeness (QED) is 0.805. The SMILES string of the molecule is Cc1cc(C(=O)NCC(=O)Cc2ccccc2N)ccc1Br. The Balaban J connectivity index is 1.92. The molecular formula is C17H17BrN2O2. The number of hydrogen-bond donors (Lipinski definition) is 2. The summed E-state index contributed by atoms with van der Waals surface area (Å²) in [6.07, 6.45) is 0.215. The summed E-state index contributed by atoms with van der Waals surface area (Å²) in [5.41, 5.74) is 8.67. The van der Waals surface area contributed by atoms with E-state index >= 15 is 0 Å². The van der Waals surface area contributed by atoms with Crippen LogP contribution in [0.3, 0.4) is 0 Å². The molecule has 0 saturated carbocycles. The van der Waals surface area contributed by atoms with Crippen LogP contribution in [-0.4, -0.2) is 18.2 Å². The number of hydrogen-bond acceptors (Lipinski definition) is 3. The highest BCUT2D eigenvalue weighted by molar-refractivity contribution is 9.10. The number of benzene rings is 2. The topological polar surface area (TPSA) is 72.2 Å². The molecule has 0 fully saturated rings. The van der Waals surface area contributed by atoms with Crippen molar-refractivity contribution >= 4 is 33.3 Å². The molecule has 1 amide bonds. The second-order valence-electron chi connectivity index (χ2n) is 5.06. The van der Waals surface area contributed by atoms with Gasteiger partial charge in [0.2, 0.25) is 0 Å². The van der Waals surface area contributed by atoms with Gasteiger partial charge in [0, 0.05) is 22.1 Å². The number of anilines is 1. The number of ketones is 1. The Morgan fingerprint density at radius 2 is 1.91 bits per heavy atom. The van der Waals surface area contributed by atoms with E-state index in [9.17, 15) is 9.59 Å². The fraction of sp³-hybridized carbons (Fsp3) is 0.176. The minimum absolute atomic E-state index is 0.0116. The van der Waals surface area contributed by atoms with Crippen LogP contribution in [0.1, 0.15) is 21.5 Å². The molecule has 3 N–H and O–H groups in total. The number of amides is 1. The number of para-hydroxylation sites is 1. The highest BCUT2D eigenvalue weighted by Crippen LogP contribution is 2.17. The molecule has 0 aliphatic carbocycles. The van der Waals surface area contributed by atoms with Crippen molar-refractivity contribution in [2.75, 3.05) is 12.3 Å². The summed E-state index contributed by atoms with van der Waals surface area (Å²) in [6.45, 7) is 1.90. The van der Waals surface area contributed by atoms with Gasteiger partial charge in [-0.1, -0.05) is 34.1 Å². The fourth-order valence-electron chi connectivity index (χ4n) is 2.04. The maximum Gasteiger partial charge on any atom is 0.251 e. The van der Waals surface area contributed by atoms with Gasteiger partial charge in [0.25, 0.3) is 5.91 Å². The van der Waals surface area contributed by atoms with Crippen LogP contribution in [0.5, 0.6) is 0 Å². The molecule has 0 atom stereocenters. The first-order chi connectivity index (χ1) is 10.5. The molecule has 114 valence electrons. The van der Waals surface area contributed by atoms with E-state index in [0.29, 0.717) is 11.3 Å². The van der Waals surface area contributed by atoms with Crippen molar-refractivity contribution in [1.29, 1.82) is 0 Å². The van der Waals surface area contributed by atoms with Gasteiger partial charge in [0.1, 0.15) is 0 Å². The number of carbonyl (C=O) groups excluding carboxylic acids is 2. The molecule has 0 aromatic heterocycles. The lowest BCUT2D eigenvalue weighted by molar-refractivity contribution is -0.117. The summed E-state index contributed by atoms with van der Waals surface area (Å²) in [6, 6.07) is 12.5. The van der Waals surface area contributed by atoms with Gasteiger partial charge in [-0.2, -0.15) is 0 Å². The first-order valence-corrected chi connectivity index (χ1v) is 7.66. The molecule has 0 aliphatic heterocycles. The lowest BCUT2D eigenvalue weighted by atomic mass is 10.1. The van der Waals surface area contributed by atoms with E-state index in [1.165, 1.54) is 0 Å². The summed E-state index contributed by atoms with van der Waals surface area (Å²) in [5, 5.41) is 2.64.